The lowest BCUT2D eigenvalue weighted by Gasteiger charge is -2.23. The summed E-state index contributed by atoms with van der Waals surface area (Å²) >= 11 is 0. The van der Waals surface area contributed by atoms with Gasteiger partial charge in [0.25, 0.3) is 0 Å². The summed E-state index contributed by atoms with van der Waals surface area (Å²) in [6.45, 7) is 0. The van der Waals surface area contributed by atoms with Gasteiger partial charge in [0.2, 0.25) is 0 Å². The average molecular weight is 707 g/mol. The second-order valence-corrected chi connectivity index (χ2v) is 16.8. The number of benzene rings is 10. The fourth-order valence-electron chi connectivity index (χ4n) is 8.26. The van der Waals surface area contributed by atoms with Crippen molar-refractivity contribution in [2.75, 3.05) is 0 Å². The molecule has 0 aromatic heterocycles. The molecule has 0 bridgehead atoms. The van der Waals surface area contributed by atoms with Crippen LogP contribution >= 0.6 is 7.14 Å². The van der Waals surface area contributed by atoms with Crippen molar-refractivity contribution in [2.24, 2.45) is 0 Å². The molecule has 0 saturated carbocycles. The Labute approximate surface area is 315 Å². The molecule has 0 heterocycles. The molecule has 0 fully saturated rings. The first-order valence-electron chi connectivity index (χ1n) is 18.4. The molecule has 2 heteroatoms. The van der Waals surface area contributed by atoms with Gasteiger partial charge in [0.05, 0.1) is 0 Å². The van der Waals surface area contributed by atoms with Crippen LogP contribution < -0.4 is 15.9 Å². The monoisotopic (exact) mass is 706 g/mol. The molecule has 0 amide bonds. The Kier molecular flexibility index (Phi) is 7.83. The lowest BCUT2D eigenvalue weighted by Crippen LogP contribution is -2.25. The van der Waals surface area contributed by atoms with Crippen molar-refractivity contribution < 1.29 is 4.57 Å². The standard InChI is InChI=1S/C52H35OP/c53-54(44-22-10-19-41(33-44)36-13-4-1-5-14-36,45-23-11-20-42(34-45)37-15-6-2-7-16-37)46-24-12-21-43(35-46)48-30-26-40-27-31-49-47(38-17-8-3-9-18-38)29-25-39-28-32-50(48)52(40)51(39)49/h1-35H. The molecule has 10 aromatic carbocycles. The highest BCUT2D eigenvalue weighted by Crippen LogP contribution is 2.46. The Balaban J connectivity index is 1.18. The van der Waals surface area contributed by atoms with Crippen molar-refractivity contribution in [2.45, 2.75) is 0 Å². The Morgan fingerprint density at radius 2 is 0.630 bits per heavy atom. The van der Waals surface area contributed by atoms with Crippen LogP contribution in [0.5, 0.6) is 0 Å². The molecule has 0 saturated heterocycles. The van der Waals surface area contributed by atoms with E-state index in [2.05, 4.69) is 152 Å². The van der Waals surface area contributed by atoms with Crippen molar-refractivity contribution in [3.05, 3.63) is 212 Å². The second-order valence-electron chi connectivity index (χ2n) is 14.0. The van der Waals surface area contributed by atoms with E-state index in [-0.39, 0.29) is 0 Å². The molecule has 1 nitrogen and oxygen atoms in total. The van der Waals surface area contributed by atoms with Gasteiger partial charge in [-0.25, -0.2) is 0 Å². The third-order valence-electron chi connectivity index (χ3n) is 10.9. The fraction of sp³-hybridized carbons (Fsp3) is 0. The molecular weight excluding hydrogens is 672 g/mol. The highest BCUT2D eigenvalue weighted by atomic mass is 31.2. The van der Waals surface area contributed by atoms with E-state index in [9.17, 15) is 0 Å². The second kappa shape index (κ2) is 13.2. The van der Waals surface area contributed by atoms with Gasteiger partial charge < -0.3 is 4.57 Å². The van der Waals surface area contributed by atoms with E-state index >= 15 is 4.57 Å². The zero-order valence-electron chi connectivity index (χ0n) is 29.6. The van der Waals surface area contributed by atoms with Gasteiger partial charge >= 0.3 is 0 Å². The van der Waals surface area contributed by atoms with Crippen LogP contribution in [0.3, 0.4) is 0 Å². The molecule has 0 atom stereocenters. The lowest BCUT2D eigenvalue weighted by molar-refractivity contribution is 0.592. The van der Waals surface area contributed by atoms with Gasteiger partial charge in [-0.05, 0) is 95.0 Å². The minimum atomic E-state index is -3.38. The van der Waals surface area contributed by atoms with E-state index in [1.54, 1.807) is 0 Å². The first-order valence-corrected chi connectivity index (χ1v) is 20.1. The zero-order valence-corrected chi connectivity index (χ0v) is 30.5. The highest BCUT2D eigenvalue weighted by Gasteiger charge is 2.31. The molecule has 54 heavy (non-hydrogen) atoms. The van der Waals surface area contributed by atoms with Gasteiger partial charge in [0, 0.05) is 15.9 Å². The Hall–Kier alpha value is -6.53. The summed E-state index contributed by atoms with van der Waals surface area (Å²) in [4.78, 5) is 0. The smallest absolute Gasteiger partial charge is 0.171 e. The molecule has 10 aromatic rings. The summed E-state index contributed by atoms with van der Waals surface area (Å²) in [7, 11) is -3.38. The molecular formula is C52H35OP. The van der Waals surface area contributed by atoms with E-state index in [0.717, 1.165) is 49.3 Å². The first kappa shape index (κ1) is 32.1. The quantitative estimate of drug-likeness (QED) is 0.119. The van der Waals surface area contributed by atoms with Crippen LogP contribution in [0.15, 0.2) is 212 Å². The third kappa shape index (κ3) is 5.36. The largest absolute Gasteiger partial charge is 0.309 e. The third-order valence-corrected chi connectivity index (χ3v) is 13.9. The van der Waals surface area contributed by atoms with Gasteiger partial charge in [-0.2, -0.15) is 0 Å². The molecule has 0 radical (unpaired) electrons. The van der Waals surface area contributed by atoms with Crippen LogP contribution in [0.25, 0.3) is 76.8 Å². The molecule has 10 rings (SSSR count). The number of rotatable bonds is 7. The van der Waals surface area contributed by atoms with Gasteiger partial charge in [-0.1, -0.05) is 194 Å². The zero-order chi connectivity index (χ0) is 36.1. The van der Waals surface area contributed by atoms with Crippen molar-refractivity contribution in [1.29, 1.82) is 0 Å². The van der Waals surface area contributed by atoms with Crippen molar-refractivity contribution in [1.82, 2.24) is 0 Å². The number of hydrogen-bond donors (Lipinski definition) is 0. The van der Waals surface area contributed by atoms with Crippen molar-refractivity contribution in [3.63, 3.8) is 0 Å². The number of hydrogen-bond acceptors (Lipinski definition) is 1. The van der Waals surface area contributed by atoms with Crippen LogP contribution in [-0.4, -0.2) is 0 Å². The maximum absolute atomic E-state index is 16.3. The van der Waals surface area contributed by atoms with E-state index < -0.39 is 7.14 Å². The summed E-state index contributed by atoms with van der Waals surface area (Å²) in [5.41, 5.74) is 8.92. The topological polar surface area (TPSA) is 17.1 Å². The molecule has 254 valence electrons. The Morgan fingerprint density at radius 1 is 0.278 bits per heavy atom. The van der Waals surface area contributed by atoms with E-state index in [1.165, 1.54) is 43.4 Å². The summed E-state index contributed by atoms with van der Waals surface area (Å²) < 4.78 is 16.3. The van der Waals surface area contributed by atoms with Gasteiger partial charge in [-0.3, -0.25) is 0 Å². The van der Waals surface area contributed by atoms with Crippen molar-refractivity contribution >= 4 is 55.4 Å². The summed E-state index contributed by atoms with van der Waals surface area (Å²) in [6, 6.07) is 74.4. The van der Waals surface area contributed by atoms with E-state index in [1.807, 2.05) is 60.7 Å². The predicted molar refractivity (Wildman–Crippen MR) is 231 cm³/mol. The summed E-state index contributed by atoms with van der Waals surface area (Å²) in [5.74, 6) is 0. The van der Waals surface area contributed by atoms with Crippen LogP contribution in [-0.2, 0) is 4.57 Å². The molecule has 0 spiro atoms. The average Bonchev–Trinajstić information content (AvgIpc) is 3.26. The SMILES string of the molecule is O=P(c1cccc(-c2ccccc2)c1)(c1cccc(-c2ccccc2)c1)c1cccc(-c2ccc3ccc4c(-c5ccccc5)ccc5ccc2c3c54)c1. The summed E-state index contributed by atoms with van der Waals surface area (Å²) in [6.07, 6.45) is 0. The lowest BCUT2D eigenvalue weighted by atomic mass is 9.87. The van der Waals surface area contributed by atoms with Crippen LogP contribution in [0.4, 0.5) is 0 Å². The minimum Gasteiger partial charge on any atom is -0.309 e. The Morgan fingerprint density at radius 3 is 1.09 bits per heavy atom. The van der Waals surface area contributed by atoms with Crippen LogP contribution in [0, 0.1) is 0 Å². The van der Waals surface area contributed by atoms with Gasteiger partial charge in [0.1, 0.15) is 0 Å². The van der Waals surface area contributed by atoms with Gasteiger partial charge in [0.15, 0.2) is 7.14 Å². The molecule has 0 aliphatic carbocycles. The fourth-order valence-corrected chi connectivity index (χ4v) is 11.0. The molecule has 0 aliphatic heterocycles. The van der Waals surface area contributed by atoms with E-state index in [4.69, 9.17) is 0 Å². The Bertz CT molecular complexity index is 2920. The van der Waals surface area contributed by atoms with Gasteiger partial charge in [-0.15, -0.1) is 0 Å². The first-order chi connectivity index (χ1) is 26.6. The van der Waals surface area contributed by atoms with Crippen LogP contribution in [0.2, 0.25) is 0 Å². The highest BCUT2D eigenvalue weighted by molar-refractivity contribution is 7.85. The summed E-state index contributed by atoms with van der Waals surface area (Å²) in [5, 5.41) is 9.89. The maximum atomic E-state index is 16.3. The van der Waals surface area contributed by atoms with Crippen molar-refractivity contribution in [3.8, 4) is 44.5 Å². The predicted octanol–water partition coefficient (Wildman–Crippen LogP) is 12.9. The molecule has 0 N–H and O–H groups in total. The van der Waals surface area contributed by atoms with Crippen LogP contribution in [0.1, 0.15) is 0 Å². The normalized spacial score (nSPS) is 11.8. The minimum absolute atomic E-state index is 0.812. The molecule has 0 aliphatic rings. The van der Waals surface area contributed by atoms with E-state index in [0.29, 0.717) is 0 Å². The molecule has 0 unspecified atom stereocenters. The maximum Gasteiger partial charge on any atom is 0.171 e.